The zero-order valence-electron chi connectivity index (χ0n) is 15.7. The fourth-order valence-electron chi connectivity index (χ4n) is 4.32. The van der Waals surface area contributed by atoms with Crippen LogP contribution in [0.15, 0.2) is 91.0 Å². The molecule has 3 aromatic rings. The Kier molecular flexibility index (Phi) is 5.13. The first-order valence-corrected chi connectivity index (χ1v) is 9.62. The molecule has 0 aromatic heterocycles. The highest BCUT2D eigenvalue weighted by atomic mass is 16.4. The second kappa shape index (κ2) is 7.87. The lowest BCUT2D eigenvalue weighted by molar-refractivity contribution is 0.0685. The standard InChI is InChI=1S/C24H24N2O2/c27-23(28)25-16-18-26(19-17-25)24(20-10-4-1-5-11-20,21-12-6-2-7-13-21)22-14-8-3-9-15-22/h1-15H,16-19H2,(H,27,28). The third-order valence-electron chi connectivity index (χ3n) is 5.60. The molecular formula is C24H24N2O2. The number of benzene rings is 3. The van der Waals surface area contributed by atoms with Gasteiger partial charge in [-0.15, -0.1) is 0 Å². The van der Waals surface area contributed by atoms with Crippen LogP contribution in [0.1, 0.15) is 16.7 Å². The number of hydrogen-bond acceptors (Lipinski definition) is 2. The van der Waals surface area contributed by atoms with Gasteiger partial charge in [-0.1, -0.05) is 91.0 Å². The van der Waals surface area contributed by atoms with Gasteiger partial charge in [0, 0.05) is 26.2 Å². The lowest BCUT2D eigenvalue weighted by Crippen LogP contribution is -2.57. The molecule has 0 unspecified atom stereocenters. The molecule has 1 aliphatic heterocycles. The largest absolute Gasteiger partial charge is 0.465 e. The van der Waals surface area contributed by atoms with Crippen molar-refractivity contribution in [2.24, 2.45) is 0 Å². The summed E-state index contributed by atoms with van der Waals surface area (Å²) in [4.78, 5) is 15.4. The summed E-state index contributed by atoms with van der Waals surface area (Å²) in [6, 6.07) is 31.6. The highest BCUT2D eigenvalue weighted by Crippen LogP contribution is 2.42. The molecule has 1 saturated heterocycles. The number of nitrogens with zero attached hydrogens (tertiary/aromatic N) is 2. The summed E-state index contributed by atoms with van der Waals surface area (Å²) < 4.78 is 0. The number of piperazine rings is 1. The Labute approximate surface area is 165 Å². The Morgan fingerprint density at radius 2 is 1.00 bits per heavy atom. The topological polar surface area (TPSA) is 43.8 Å². The van der Waals surface area contributed by atoms with Crippen molar-refractivity contribution in [3.05, 3.63) is 108 Å². The summed E-state index contributed by atoms with van der Waals surface area (Å²) in [6.07, 6.45) is -0.843. The number of amides is 1. The second-order valence-electron chi connectivity index (χ2n) is 7.07. The molecule has 28 heavy (non-hydrogen) atoms. The highest BCUT2D eigenvalue weighted by Gasteiger charge is 2.43. The van der Waals surface area contributed by atoms with Crippen molar-refractivity contribution in [1.82, 2.24) is 9.80 Å². The van der Waals surface area contributed by atoms with E-state index in [0.29, 0.717) is 26.2 Å². The van der Waals surface area contributed by atoms with E-state index in [-0.39, 0.29) is 0 Å². The third kappa shape index (κ3) is 3.16. The summed E-state index contributed by atoms with van der Waals surface area (Å²) in [5.74, 6) is 0. The first kappa shape index (κ1) is 18.3. The third-order valence-corrected chi connectivity index (χ3v) is 5.60. The van der Waals surface area contributed by atoms with Gasteiger partial charge < -0.3 is 10.0 Å². The summed E-state index contributed by atoms with van der Waals surface area (Å²) >= 11 is 0. The molecule has 142 valence electrons. The van der Waals surface area contributed by atoms with Crippen molar-refractivity contribution in [3.8, 4) is 0 Å². The monoisotopic (exact) mass is 372 g/mol. The Balaban J connectivity index is 1.91. The van der Waals surface area contributed by atoms with E-state index in [9.17, 15) is 9.90 Å². The van der Waals surface area contributed by atoms with Gasteiger partial charge in [0.25, 0.3) is 0 Å². The Bertz CT molecular complexity index is 808. The van der Waals surface area contributed by atoms with E-state index >= 15 is 0 Å². The molecule has 0 aliphatic carbocycles. The van der Waals surface area contributed by atoms with Crippen LogP contribution in [0.2, 0.25) is 0 Å². The Morgan fingerprint density at radius 1 is 0.643 bits per heavy atom. The molecule has 1 fully saturated rings. The minimum atomic E-state index is -0.843. The van der Waals surface area contributed by atoms with Crippen molar-refractivity contribution >= 4 is 6.09 Å². The van der Waals surface area contributed by atoms with E-state index in [1.807, 2.05) is 18.2 Å². The maximum Gasteiger partial charge on any atom is 0.407 e. The molecule has 1 amide bonds. The predicted octanol–water partition coefficient (Wildman–Crippen LogP) is 4.27. The van der Waals surface area contributed by atoms with E-state index in [0.717, 1.165) is 0 Å². The van der Waals surface area contributed by atoms with E-state index in [1.165, 1.54) is 21.6 Å². The van der Waals surface area contributed by atoms with Gasteiger partial charge in [-0.3, -0.25) is 4.90 Å². The number of rotatable bonds is 4. The molecule has 4 rings (SSSR count). The molecule has 1 heterocycles. The second-order valence-corrected chi connectivity index (χ2v) is 7.07. The molecule has 0 saturated carbocycles. The average molecular weight is 372 g/mol. The van der Waals surface area contributed by atoms with Crippen LogP contribution in [-0.2, 0) is 5.54 Å². The smallest absolute Gasteiger partial charge is 0.407 e. The molecule has 3 aromatic carbocycles. The molecule has 0 spiro atoms. The normalized spacial score (nSPS) is 15.4. The first-order valence-electron chi connectivity index (χ1n) is 9.62. The van der Waals surface area contributed by atoms with Gasteiger partial charge in [0.15, 0.2) is 0 Å². The molecule has 0 bridgehead atoms. The molecule has 4 nitrogen and oxygen atoms in total. The number of hydrogen-bond donors (Lipinski definition) is 1. The van der Waals surface area contributed by atoms with Gasteiger partial charge in [-0.2, -0.15) is 0 Å². The quantitative estimate of drug-likeness (QED) is 0.696. The Morgan fingerprint density at radius 3 is 1.32 bits per heavy atom. The van der Waals surface area contributed by atoms with Gasteiger partial charge in [0.1, 0.15) is 0 Å². The van der Waals surface area contributed by atoms with Gasteiger partial charge in [0.2, 0.25) is 0 Å². The van der Waals surface area contributed by atoms with Crippen molar-refractivity contribution in [3.63, 3.8) is 0 Å². The highest BCUT2D eigenvalue weighted by molar-refractivity contribution is 5.65. The van der Waals surface area contributed by atoms with Crippen LogP contribution in [0.4, 0.5) is 4.79 Å². The zero-order chi connectivity index (χ0) is 19.4. The minimum absolute atomic E-state index is 0.464. The molecular weight excluding hydrogens is 348 g/mol. The van der Waals surface area contributed by atoms with Crippen LogP contribution in [-0.4, -0.2) is 47.2 Å². The van der Waals surface area contributed by atoms with Crippen molar-refractivity contribution in [1.29, 1.82) is 0 Å². The van der Waals surface area contributed by atoms with Gasteiger partial charge in [0.05, 0.1) is 5.54 Å². The van der Waals surface area contributed by atoms with Crippen LogP contribution in [0.25, 0.3) is 0 Å². The molecule has 1 N–H and O–H groups in total. The van der Waals surface area contributed by atoms with Crippen LogP contribution >= 0.6 is 0 Å². The average Bonchev–Trinajstić information content (AvgIpc) is 2.77. The summed E-state index contributed by atoms with van der Waals surface area (Å²) in [6.45, 7) is 2.35. The lowest BCUT2D eigenvalue weighted by Gasteiger charge is -2.48. The summed E-state index contributed by atoms with van der Waals surface area (Å²) in [7, 11) is 0. The fourth-order valence-corrected chi connectivity index (χ4v) is 4.32. The molecule has 0 radical (unpaired) electrons. The SMILES string of the molecule is O=C(O)N1CCN(C(c2ccccc2)(c2ccccc2)c2ccccc2)CC1. The van der Waals surface area contributed by atoms with E-state index in [2.05, 4.69) is 77.7 Å². The zero-order valence-corrected chi connectivity index (χ0v) is 15.7. The van der Waals surface area contributed by atoms with E-state index in [1.54, 1.807) is 0 Å². The Hall–Kier alpha value is -3.11. The van der Waals surface area contributed by atoms with Crippen molar-refractivity contribution in [2.45, 2.75) is 5.54 Å². The maximum absolute atomic E-state index is 11.4. The van der Waals surface area contributed by atoms with Crippen LogP contribution < -0.4 is 0 Å². The molecule has 0 atom stereocenters. The predicted molar refractivity (Wildman–Crippen MR) is 110 cm³/mol. The maximum atomic E-state index is 11.4. The van der Waals surface area contributed by atoms with E-state index in [4.69, 9.17) is 0 Å². The fraction of sp³-hybridized carbons (Fsp3) is 0.208. The summed E-state index contributed by atoms with van der Waals surface area (Å²) in [5, 5.41) is 9.39. The number of carbonyl (C=O) groups is 1. The first-order chi connectivity index (χ1) is 13.7. The number of carboxylic acid groups (broad SMARTS) is 1. The van der Waals surface area contributed by atoms with Crippen molar-refractivity contribution < 1.29 is 9.90 Å². The molecule has 1 aliphatic rings. The van der Waals surface area contributed by atoms with Gasteiger partial charge >= 0.3 is 6.09 Å². The van der Waals surface area contributed by atoms with Crippen LogP contribution in [0.3, 0.4) is 0 Å². The van der Waals surface area contributed by atoms with Gasteiger partial charge in [-0.05, 0) is 16.7 Å². The van der Waals surface area contributed by atoms with E-state index < -0.39 is 11.6 Å². The van der Waals surface area contributed by atoms with Crippen LogP contribution in [0, 0.1) is 0 Å². The van der Waals surface area contributed by atoms with Crippen LogP contribution in [0.5, 0.6) is 0 Å². The summed E-state index contributed by atoms with van der Waals surface area (Å²) in [5.41, 5.74) is 3.11. The minimum Gasteiger partial charge on any atom is -0.465 e. The van der Waals surface area contributed by atoms with Crippen molar-refractivity contribution in [2.75, 3.05) is 26.2 Å². The van der Waals surface area contributed by atoms with Gasteiger partial charge in [-0.25, -0.2) is 4.79 Å². The molecule has 4 heteroatoms. The lowest BCUT2D eigenvalue weighted by atomic mass is 9.75.